The average molecular weight is 283 g/mol. The second kappa shape index (κ2) is 5.58. The van der Waals surface area contributed by atoms with E-state index in [2.05, 4.69) is 43.1 Å². The van der Waals surface area contributed by atoms with Gasteiger partial charge < -0.3 is 9.88 Å². The molecular weight excluding hydrogens is 262 g/mol. The number of rotatable bonds is 5. The topological polar surface area (TPSA) is 46.0 Å². The first kappa shape index (κ1) is 13.0. The van der Waals surface area contributed by atoms with Crippen molar-refractivity contribution in [2.75, 3.05) is 6.54 Å². The summed E-state index contributed by atoms with van der Waals surface area (Å²) in [5.41, 5.74) is 2.42. The van der Waals surface area contributed by atoms with Gasteiger partial charge in [-0.1, -0.05) is 6.07 Å². The quantitative estimate of drug-likeness (QED) is 0.904. The van der Waals surface area contributed by atoms with Crippen LogP contribution in [-0.4, -0.2) is 32.0 Å². The lowest BCUT2D eigenvalue weighted by Gasteiger charge is -2.27. The normalized spacial score (nSPS) is 18.7. The molecule has 1 saturated carbocycles. The van der Waals surface area contributed by atoms with Gasteiger partial charge in [-0.15, -0.1) is 0 Å². The highest BCUT2D eigenvalue weighted by molar-refractivity contribution is 5.14. The van der Waals surface area contributed by atoms with Crippen molar-refractivity contribution in [1.82, 2.24) is 24.8 Å². The molecule has 0 atom stereocenters. The number of pyridine rings is 1. The Morgan fingerprint density at radius 3 is 2.95 bits per heavy atom. The smallest absolute Gasteiger partial charge is 0.122 e. The van der Waals surface area contributed by atoms with E-state index in [9.17, 15) is 0 Å². The molecule has 1 aliphatic heterocycles. The van der Waals surface area contributed by atoms with E-state index in [1.807, 2.05) is 12.4 Å². The molecule has 5 heteroatoms. The molecule has 1 aliphatic carbocycles. The van der Waals surface area contributed by atoms with Gasteiger partial charge >= 0.3 is 0 Å². The number of fused-ring (bicyclic) bond motifs is 1. The fraction of sp³-hybridized carbons (Fsp3) is 0.500. The zero-order chi connectivity index (χ0) is 14.1. The van der Waals surface area contributed by atoms with Crippen LogP contribution < -0.4 is 5.32 Å². The van der Waals surface area contributed by atoms with E-state index in [0.29, 0.717) is 0 Å². The van der Waals surface area contributed by atoms with Crippen LogP contribution in [0.3, 0.4) is 0 Å². The number of hydrogen-bond donors (Lipinski definition) is 1. The van der Waals surface area contributed by atoms with E-state index in [1.54, 1.807) is 0 Å². The summed E-state index contributed by atoms with van der Waals surface area (Å²) in [5, 5.41) is 3.52. The van der Waals surface area contributed by atoms with Crippen LogP contribution in [0, 0.1) is 0 Å². The lowest BCUT2D eigenvalue weighted by molar-refractivity contribution is 0.206. The fourth-order valence-electron chi connectivity index (χ4n) is 2.79. The Morgan fingerprint density at radius 2 is 2.14 bits per heavy atom. The van der Waals surface area contributed by atoms with Gasteiger partial charge in [-0.25, -0.2) is 4.98 Å². The van der Waals surface area contributed by atoms with E-state index in [-0.39, 0.29) is 0 Å². The van der Waals surface area contributed by atoms with Crippen LogP contribution in [0.5, 0.6) is 0 Å². The molecule has 5 nitrogen and oxygen atoms in total. The van der Waals surface area contributed by atoms with Crippen LogP contribution in [0.1, 0.15) is 29.9 Å². The molecule has 0 bridgehead atoms. The van der Waals surface area contributed by atoms with Gasteiger partial charge in [-0.3, -0.25) is 9.88 Å². The van der Waals surface area contributed by atoms with Gasteiger partial charge in [0.05, 0.1) is 12.2 Å². The van der Waals surface area contributed by atoms with Crippen molar-refractivity contribution < 1.29 is 0 Å². The maximum Gasteiger partial charge on any atom is 0.122 e. The zero-order valence-electron chi connectivity index (χ0n) is 12.2. The number of imidazole rings is 1. The van der Waals surface area contributed by atoms with Gasteiger partial charge in [-0.2, -0.15) is 0 Å². The van der Waals surface area contributed by atoms with Gasteiger partial charge in [0.1, 0.15) is 5.82 Å². The van der Waals surface area contributed by atoms with Crippen molar-refractivity contribution in [1.29, 1.82) is 0 Å². The molecule has 0 spiro atoms. The first-order valence-electron chi connectivity index (χ1n) is 7.76. The summed E-state index contributed by atoms with van der Waals surface area (Å²) in [6.07, 6.45) is 8.62. The maximum atomic E-state index is 4.61. The Labute approximate surface area is 125 Å². The summed E-state index contributed by atoms with van der Waals surface area (Å²) in [6.45, 7) is 4.86. The van der Waals surface area contributed by atoms with E-state index in [1.165, 1.54) is 18.4 Å². The predicted molar refractivity (Wildman–Crippen MR) is 80.4 cm³/mol. The van der Waals surface area contributed by atoms with Crippen LogP contribution in [0.4, 0.5) is 0 Å². The largest absolute Gasteiger partial charge is 0.333 e. The highest BCUT2D eigenvalue weighted by Crippen LogP contribution is 2.19. The van der Waals surface area contributed by atoms with Crippen molar-refractivity contribution in [3.63, 3.8) is 0 Å². The molecule has 2 aromatic heterocycles. The SMILES string of the molecule is c1cn2c(n1)CN(Cc1ccc(CNC3CC3)cn1)CC2. The summed E-state index contributed by atoms with van der Waals surface area (Å²) in [6, 6.07) is 5.11. The van der Waals surface area contributed by atoms with Gasteiger partial charge in [0.25, 0.3) is 0 Å². The molecular formula is C16H21N5. The molecule has 0 radical (unpaired) electrons. The predicted octanol–water partition coefficient (Wildman–Crippen LogP) is 1.55. The Balaban J connectivity index is 1.34. The summed E-state index contributed by atoms with van der Waals surface area (Å²) in [5.74, 6) is 1.16. The van der Waals surface area contributed by atoms with Crippen molar-refractivity contribution in [2.24, 2.45) is 0 Å². The third-order valence-electron chi connectivity index (χ3n) is 4.27. The lowest BCUT2D eigenvalue weighted by atomic mass is 10.2. The monoisotopic (exact) mass is 283 g/mol. The van der Waals surface area contributed by atoms with Crippen LogP contribution in [0.25, 0.3) is 0 Å². The minimum atomic E-state index is 0.752. The highest BCUT2D eigenvalue weighted by atomic mass is 15.2. The Bertz CT molecular complexity index is 599. The molecule has 4 rings (SSSR count). The molecule has 2 aromatic rings. The van der Waals surface area contributed by atoms with Crippen LogP contribution >= 0.6 is 0 Å². The lowest BCUT2D eigenvalue weighted by Crippen LogP contribution is -2.33. The van der Waals surface area contributed by atoms with E-state index in [0.717, 1.165) is 50.3 Å². The van der Waals surface area contributed by atoms with Crippen molar-refractivity contribution in [3.05, 3.63) is 47.8 Å². The minimum Gasteiger partial charge on any atom is -0.333 e. The Kier molecular flexibility index (Phi) is 3.45. The summed E-state index contributed by atoms with van der Waals surface area (Å²) in [4.78, 5) is 11.4. The zero-order valence-corrected chi connectivity index (χ0v) is 12.2. The summed E-state index contributed by atoms with van der Waals surface area (Å²) in [7, 11) is 0. The Hall–Kier alpha value is -1.72. The van der Waals surface area contributed by atoms with Crippen molar-refractivity contribution in [3.8, 4) is 0 Å². The molecule has 2 aliphatic rings. The number of hydrogen-bond acceptors (Lipinski definition) is 4. The van der Waals surface area contributed by atoms with Gasteiger partial charge in [0, 0.05) is 50.8 Å². The van der Waals surface area contributed by atoms with Gasteiger partial charge in [0.2, 0.25) is 0 Å². The second-order valence-corrected chi connectivity index (χ2v) is 6.06. The van der Waals surface area contributed by atoms with Crippen LogP contribution in [-0.2, 0) is 26.2 Å². The molecule has 0 saturated heterocycles. The third-order valence-corrected chi connectivity index (χ3v) is 4.27. The molecule has 1 N–H and O–H groups in total. The van der Waals surface area contributed by atoms with Crippen molar-refractivity contribution in [2.45, 2.75) is 45.1 Å². The molecule has 1 fully saturated rings. The van der Waals surface area contributed by atoms with Gasteiger partial charge in [-0.05, 0) is 24.5 Å². The van der Waals surface area contributed by atoms with Gasteiger partial charge in [0.15, 0.2) is 0 Å². The van der Waals surface area contributed by atoms with Crippen LogP contribution in [0.2, 0.25) is 0 Å². The standard InChI is InChI=1S/C16H21N5/c1-2-15(19-10-13(1)9-18-14-3-4-14)11-20-7-8-21-6-5-17-16(21)12-20/h1-2,5-6,10,14,18H,3-4,7-9,11-12H2. The fourth-order valence-corrected chi connectivity index (χ4v) is 2.79. The minimum absolute atomic E-state index is 0.752. The average Bonchev–Trinajstić information content (AvgIpc) is 3.23. The Morgan fingerprint density at radius 1 is 1.19 bits per heavy atom. The molecule has 0 aromatic carbocycles. The molecule has 110 valence electrons. The van der Waals surface area contributed by atoms with E-state index >= 15 is 0 Å². The van der Waals surface area contributed by atoms with Crippen LogP contribution in [0.15, 0.2) is 30.7 Å². The van der Waals surface area contributed by atoms with E-state index < -0.39 is 0 Å². The number of nitrogens with zero attached hydrogens (tertiary/aromatic N) is 4. The summed E-state index contributed by atoms with van der Waals surface area (Å²) >= 11 is 0. The molecule has 0 amide bonds. The third kappa shape index (κ3) is 3.14. The number of aromatic nitrogens is 3. The maximum absolute atomic E-state index is 4.61. The molecule has 0 unspecified atom stereocenters. The first-order chi connectivity index (χ1) is 10.4. The molecule has 21 heavy (non-hydrogen) atoms. The summed E-state index contributed by atoms with van der Waals surface area (Å²) < 4.78 is 2.23. The second-order valence-electron chi connectivity index (χ2n) is 6.06. The molecule has 3 heterocycles. The van der Waals surface area contributed by atoms with Crippen molar-refractivity contribution >= 4 is 0 Å². The first-order valence-corrected chi connectivity index (χ1v) is 7.76. The van der Waals surface area contributed by atoms with E-state index in [4.69, 9.17) is 0 Å². The number of nitrogens with one attached hydrogen (secondary N) is 1. The highest BCUT2D eigenvalue weighted by Gasteiger charge is 2.20.